The van der Waals surface area contributed by atoms with Crippen LogP contribution in [0.2, 0.25) is 5.02 Å². The van der Waals surface area contributed by atoms with E-state index in [1.165, 1.54) is 0 Å². The summed E-state index contributed by atoms with van der Waals surface area (Å²) in [6.07, 6.45) is 3.94. The fourth-order valence-electron chi connectivity index (χ4n) is 4.89. The summed E-state index contributed by atoms with van der Waals surface area (Å²) >= 11 is 6.06. The fourth-order valence-corrected chi connectivity index (χ4v) is 5.01. The first kappa shape index (κ1) is 20.6. The lowest BCUT2D eigenvalue weighted by molar-refractivity contribution is -0.144. The van der Waals surface area contributed by atoms with Crippen molar-refractivity contribution in [1.29, 1.82) is 0 Å². The number of amides is 2. The van der Waals surface area contributed by atoms with Crippen LogP contribution in [-0.2, 0) is 19.7 Å². The molecule has 6 nitrogen and oxygen atoms in total. The van der Waals surface area contributed by atoms with Gasteiger partial charge < -0.3 is 14.5 Å². The summed E-state index contributed by atoms with van der Waals surface area (Å²) in [6.45, 7) is 5.93. The first-order chi connectivity index (χ1) is 14.1. The molecule has 1 aromatic carbocycles. The summed E-state index contributed by atoms with van der Waals surface area (Å²) in [5.74, 6) is 0.380. The fraction of sp³-hybridized carbons (Fsp3) is 0.636. The SMILES string of the molecule is O=C(CN1CCOCC1)N1CCN(C(=O)C2(c3ccc(Cl)cc3)CCCC2)CC1. The number of morpholine rings is 1. The molecule has 2 saturated heterocycles. The maximum absolute atomic E-state index is 13.6. The van der Waals surface area contributed by atoms with Gasteiger partial charge >= 0.3 is 0 Å². The third kappa shape index (κ3) is 4.44. The van der Waals surface area contributed by atoms with Crippen molar-refractivity contribution in [1.82, 2.24) is 14.7 Å². The molecule has 0 unspecified atom stereocenters. The normalized spacial score (nSPS) is 22.7. The van der Waals surface area contributed by atoms with Crippen LogP contribution in [0, 0.1) is 0 Å². The van der Waals surface area contributed by atoms with Crippen LogP contribution in [0.3, 0.4) is 0 Å². The van der Waals surface area contributed by atoms with Crippen LogP contribution < -0.4 is 0 Å². The smallest absolute Gasteiger partial charge is 0.236 e. The maximum atomic E-state index is 13.6. The molecule has 4 rings (SSSR count). The van der Waals surface area contributed by atoms with Crippen LogP contribution in [-0.4, -0.2) is 85.5 Å². The molecule has 7 heteroatoms. The average Bonchev–Trinajstić information content (AvgIpc) is 3.26. The van der Waals surface area contributed by atoms with Crippen molar-refractivity contribution in [3.63, 3.8) is 0 Å². The van der Waals surface area contributed by atoms with Crippen LogP contribution in [0.4, 0.5) is 0 Å². The molecular weight excluding hydrogens is 390 g/mol. The van der Waals surface area contributed by atoms with Gasteiger partial charge in [0, 0.05) is 44.3 Å². The summed E-state index contributed by atoms with van der Waals surface area (Å²) in [7, 11) is 0. The molecule has 0 N–H and O–H groups in total. The minimum atomic E-state index is -0.426. The number of hydrogen-bond acceptors (Lipinski definition) is 4. The van der Waals surface area contributed by atoms with Crippen molar-refractivity contribution in [3.05, 3.63) is 34.9 Å². The van der Waals surface area contributed by atoms with Gasteiger partial charge in [0.15, 0.2) is 0 Å². The van der Waals surface area contributed by atoms with Gasteiger partial charge in [-0.3, -0.25) is 14.5 Å². The average molecular weight is 420 g/mol. The Labute approximate surface area is 177 Å². The Hall–Kier alpha value is -1.63. The van der Waals surface area contributed by atoms with E-state index in [-0.39, 0.29) is 11.8 Å². The molecule has 0 radical (unpaired) electrons. The first-order valence-electron chi connectivity index (χ1n) is 10.7. The second-order valence-electron chi connectivity index (χ2n) is 8.36. The number of ether oxygens (including phenoxy) is 1. The van der Waals surface area contributed by atoms with Gasteiger partial charge in [-0.15, -0.1) is 0 Å². The van der Waals surface area contributed by atoms with Crippen LogP contribution >= 0.6 is 11.6 Å². The standard InChI is InChI=1S/C22H30ClN3O3/c23-19-5-3-18(4-6-19)22(7-1-2-8-22)21(28)26-11-9-25(10-12-26)20(27)17-24-13-15-29-16-14-24/h3-6H,1-2,7-17H2. The quantitative estimate of drug-likeness (QED) is 0.750. The molecule has 3 aliphatic rings. The topological polar surface area (TPSA) is 53.1 Å². The molecule has 2 heterocycles. The predicted molar refractivity (Wildman–Crippen MR) is 112 cm³/mol. The molecule has 3 fully saturated rings. The van der Waals surface area contributed by atoms with Gasteiger partial charge in [0.25, 0.3) is 0 Å². The zero-order valence-corrected chi connectivity index (χ0v) is 17.7. The lowest BCUT2D eigenvalue weighted by Crippen LogP contribution is -2.56. The summed E-state index contributed by atoms with van der Waals surface area (Å²) in [4.78, 5) is 32.2. The number of hydrogen-bond donors (Lipinski definition) is 0. The number of carbonyl (C=O) groups is 2. The number of halogens is 1. The zero-order chi connectivity index (χ0) is 20.3. The van der Waals surface area contributed by atoms with Gasteiger partial charge in [-0.25, -0.2) is 0 Å². The summed E-state index contributed by atoms with van der Waals surface area (Å²) in [6, 6.07) is 7.78. The van der Waals surface area contributed by atoms with Gasteiger partial charge in [0.05, 0.1) is 25.2 Å². The van der Waals surface area contributed by atoms with Crippen molar-refractivity contribution in [2.45, 2.75) is 31.1 Å². The van der Waals surface area contributed by atoms with Crippen LogP contribution in [0.5, 0.6) is 0 Å². The third-order valence-corrected chi connectivity index (χ3v) is 6.90. The van der Waals surface area contributed by atoms with Gasteiger partial charge in [0.1, 0.15) is 0 Å². The van der Waals surface area contributed by atoms with E-state index in [0.29, 0.717) is 51.0 Å². The third-order valence-electron chi connectivity index (χ3n) is 6.65. The molecule has 0 bridgehead atoms. The predicted octanol–water partition coefficient (Wildman–Crippen LogP) is 2.15. The van der Waals surface area contributed by atoms with Crippen molar-refractivity contribution in [2.75, 3.05) is 59.0 Å². The van der Waals surface area contributed by atoms with E-state index in [4.69, 9.17) is 16.3 Å². The number of carbonyl (C=O) groups excluding carboxylic acids is 2. The van der Waals surface area contributed by atoms with E-state index in [1.54, 1.807) is 0 Å². The zero-order valence-electron chi connectivity index (χ0n) is 16.9. The van der Waals surface area contributed by atoms with E-state index in [9.17, 15) is 9.59 Å². The Morgan fingerprint density at radius 3 is 2.10 bits per heavy atom. The van der Waals surface area contributed by atoms with E-state index < -0.39 is 5.41 Å². The van der Waals surface area contributed by atoms with E-state index in [2.05, 4.69) is 4.90 Å². The summed E-state index contributed by atoms with van der Waals surface area (Å²) in [5.41, 5.74) is 0.653. The molecule has 1 saturated carbocycles. The molecular formula is C22H30ClN3O3. The molecule has 1 aromatic rings. The molecule has 0 atom stereocenters. The summed E-state index contributed by atoms with van der Waals surface area (Å²) in [5, 5.41) is 0.696. The highest BCUT2D eigenvalue weighted by molar-refractivity contribution is 6.30. The Balaban J connectivity index is 1.37. The van der Waals surface area contributed by atoms with Crippen molar-refractivity contribution >= 4 is 23.4 Å². The lowest BCUT2D eigenvalue weighted by Gasteiger charge is -2.40. The maximum Gasteiger partial charge on any atom is 0.236 e. The number of nitrogens with zero attached hydrogens (tertiary/aromatic N) is 3. The Kier molecular flexibility index (Phi) is 6.42. The highest BCUT2D eigenvalue weighted by atomic mass is 35.5. The molecule has 1 aliphatic carbocycles. The van der Waals surface area contributed by atoms with Crippen LogP contribution in [0.1, 0.15) is 31.2 Å². The second kappa shape index (κ2) is 9.02. The minimum absolute atomic E-state index is 0.160. The Morgan fingerprint density at radius 2 is 1.48 bits per heavy atom. The van der Waals surface area contributed by atoms with E-state index >= 15 is 0 Å². The van der Waals surface area contributed by atoms with Crippen molar-refractivity contribution < 1.29 is 14.3 Å². The highest BCUT2D eigenvalue weighted by Crippen LogP contribution is 2.43. The Morgan fingerprint density at radius 1 is 0.897 bits per heavy atom. The van der Waals surface area contributed by atoms with Crippen LogP contribution in [0.15, 0.2) is 24.3 Å². The van der Waals surface area contributed by atoms with Crippen LogP contribution in [0.25, 0.3) is 0 Å². The van der Waals surface area contributed by atoms with Gasteiger partial charge in [-0.2, -0.15) is 0 Å². The minimum Gasteiger partial charge on any atom is -0.379 e. The second-order valence-corrected chi connectivity index (χ2v) is 8.79. The molecule has 0 aromatic heterocycles. The molecule has 158 valence electrons. The van der Waals surface area contributed by atoms with Crippen molar-refractivity contribution in [3.8, 4) is 0 Å². The molecule has 29 heavy (non-hydrogen) atoms. The van der Waals surface area contributed by atoms with E-state index in [0.717, 1.165) is 44.3 Å². The van der Waals surface area contributed by atoms with Crippen molar-refractivity contribution in [2.24, 2.45) is 0 Å². The monoisotopic (exact) mass is 419 g/mol. The van der Waals surface area contributed by atoms with Gasteiger partial charge in [-0.1, -0.05) is 36.6 Å². The van der Waals surface area contributed by atoms with E-state index in [1.807, 2.05) is 34.1 Å². The number of rotatable bonds is 4. The number of benzene rings is 1. The highest BCUT2D eigenvalue weighted by Gasteiger charge is 2.45. The van der Waals surface area contributed by atoms with Gasteiger partial charge in [-0.05, 0) is 30.5 Å². The Bertz CT molecular complexity index is 719. The van der Waals surface area contributed by atoms with Gasteiger partial charge in [0.2, 0.25) is 11.8 Å². The summed E-state index contributed by atoms with van der Waals surface area (Å²) < 4.78 is 5.35. The lowest BCUT2D eigenvalue weighted by atomic mass is 9.77. The molecule has 2 amide bonds. The molecule has 0 spiro atoms. The first-order valence-corrected chi connectivity index (χ1v) is 11.1. The molecule has 2 aliphatic heterocycles. The largest absolute Gasteiger partial charge is 0.379 e. The number of piperazine rings is 1.